The lowest BCUT2D eigenvalue weighted by atomic mass is 9.69. The molecule has 4 rings (SSSR count). The fourth-order valence-electron chi connectivity index (χ4n) is 6.23. The van der Waals surface area contributed by atoms with E-state index in [0.717, 1.165) is 25.0 Å². The zero-order valence-corrected chi connectivity index (χ0v) is 24.8. The lowest BCUT2D eigenvalue weighted by Crippen LogP contribution is -2.56. The zero-order valence-electron chi connectivity index (χ0n) is 22.5. The molecule has 0 aromatic rings. The first-order chi connectivity index (χ1) is 17.4. The molecule has 4 aliphatic rings. The van der Waals surface area contributed by atoms with E-state index in [9.17, 15) is 14.7 Å². The number of alkyl halides is 2. The molecule has 0 radical (unpaired) electrons. The summed E-state index contributed by atoms with van der Waals surface area (Å²) < 4.78 is 6.03. The lowest BCUT2D eigenvalue weighted by molar-refractivity contribution is -0.142. The van der Waals surface area contributed by atoms with Crippen LogP contribution in [0.3, 0.4) is 0 Å². The number of hydrazone groups is 1. The van der Waals surface area contributed by atoms with E-state index in [1.54, 1.807) is 5.01 Å². The quantitative estimate of drug-likeness (QED) is 0.295. The van der Waals surface area contributed by atoms with Gasteiger partial charge in [0.05, 0.1) is 23.8 Å². The maximum Gasteiger partial charge on any atom is 0.303 e. The minimum atomic E-state index is -0.987. The van der Waals surface area contributed by atoms with Crippen molar-refractivity contribution in [1.29, 1.82) is 0 Å². The zero-order chi connectivity index (χ0) is 27.1. The molecule has 0 aromatic heterocycles. The summed E-state index contributed by atoms with van der Waals surface area (Å²) in [5.74, 6) is -0.783. The second kappa shape index (κ2) is 10.9. The summed E-state index contributed by atoms with van der Waals surface area (Å²) in [6, 6.07) is -0.269. The van der Waals surface area contributed by atoms with Gasteiger partial charge in [-0.1, -0.05) is 59.6 Å². The number of nitrogens with zero attached hydrogens (tertiary/aromatic N) is 3. The molecule has 0 bridgehead atoms. The Balaban J connectivity index is 1.65. The van der Waals surface area contributed by atoms with Crippen molar-refractivity contribution in [3.8, 4) is 0 Å². The molecular weight excluding hydrogens is 558 g/mol. The van der Waals surface area contributed by atoms with Crippen molar-refractivity contribution in [3.63, 3.8) is 0 Å². The Morgan fingerprint density at radius 2 is 2.00 bits per heavy atom. The van der Waals surface area contributed by atoms with Crippen molar-refractivity contribution in [1.82, 2.24) is 9.91 Å². The summed E-state index contributed by atoms with van der Waals surface area (Å²) >= 11 is 11.0. The van der Waals surface area contributed by atoms with Gasteiger partial charge in [0, 0.05) is 48.9 Å². The average Bonchev–Trinajstić information content (AvgIpc) is 3.30. The molecule has 1 amide bonds. The van der Waals surface area contributed by atoms with E-state index in [1.807, 2.05) is 14.0 Å². The van der Waals surface area contributed by atoms with Crippen molar-refractivity contribution in [2.24, 2.45) is 16.4 Å². The Hall–Kier alpha value is -1.64. The van der Waals surface area contributed by atoms with Crippen molar-refractivity contribution >= 4 is 45.1 Å². The first kappa shape index (κ1) is 28.4. The fourth-order valence-corrected chi connectivity index (χ4v) is 6.94. The first-order valence-corrected chi connectivity index (χ1v) is 14.6. The van der Waals surface area contributed by atoms with Gasteiger partial charge in [0.25, 0.3) is 0 Å². The molecule has 0 saturated carbocycles. The molecule has 2 heterocycles. The smallest absolute Gasteiger partial charge is 0.303 e. The number of ether oxygens (including phenoxy) is 1. The number of carboxylic acid groups (broad SMARTS) is 1. The van der Waals surface area contributed by atoms with Crippen molar-refractivity contribution in [2.45, 2.75) is 94.6 Å². The van der Waals surface area contributed by atoms with Gasteiger partial charge in [-0.2, -0.15) is 5.10 Å². The van der Waals surface area contributed by atoms with Crippen LogP contribution in [0.15, 0.2) is 40.2 Å². The van der Waals surface area contributed by atoms with Crippen molar-refractivity contribution in [2.75, 3.05) is 13.7 Å². The molecular formula is C28H39BrClN3O4. The highest BCUT2D eigenvalue weighted by molar-refractivity contribution is 9.09. The highest BCUT2D eigenvalue weighted by Gasteiger charge is 2.53. The van der Waals surface area contributed by atoms with Crippen LogP contribution in [0.4, 0.5) is 0 Å². The molecule has 0 aromatic carbocycles. The largest absolute Gasteiger partial charge is 0.481 e. The normalized spacial score (nSPS) is 35.9. The summed E-state index contributed by atoms with van der Waals surface area (Å²) in [6.07, 6.45) is 10.1. The van der Waals surface area contributed by atoms with Crippen molar-refractivity contribution in [3.05, 3.63) is 35.1 Å². The molecule has 6 unspecified atom stereocenters. The Morgan fingerprint density at radius 3 is 2.65 bits per heavy atom. The SMILES string of the molecule is CCOC1(C)C=CC2=C(C1)N(C)C(Cl)C(C)(C1CC(C3=CCC(Br)C(C)C3)=NN1C(=O)CCC(=O)O)C2. The van der Waals surface area contributed by atoms with Gasteiger partial charge in [0.1, 0.15) is 5.50 Å². The number of allylic oxidation sites excluding steroid dienone is 4. The van der Waals surface area contributed by atoms with E-state index < -0.39 is 11.4 Å². The number of hydrogen-bond acceptors (Lipinski definition) is 5. The summed E-state index contributed by atoms with van der Waals surface area (Å²) in [4.78, 5) is 27.1. The lowest BCUT2D eigenvalue weighted by Gasteiger charge is -2.52. The van der Waals surface area contributed by atoms with Crippen LogP contribution in [0.2, 0.25) is 0 Å². The summed E-state index contributed by atoms with van der Waals surface area (Å²) in [5.41, 5.74) is 3.25. The molecule has 2 aliphatic carbocycles. The van der Waals surface area contributed by atoms with Crippen LogP contribution in [0.1, 0.15) is 72.6 Å². The topological polar surface area (TPSA) is 82.4 Å². The van der Waals surface area contributed by atoms with Gasteiger partial charge in [-0.05, 0) is 50.2 Å². The molecule has 37 heavy (non-hydrogen) atoms. The minimum absolute atomic E-state index is 0.0824. The van der Waals surface area contributed by atoms with Crippen LogP contribution in [0.5, 0.6) is 0 Å². The van der Waals surface area contributed by atoms with Gasteiger partial charge in [-0.25, -0.2) is 5.01 Å². The molecule has 6 atom stereocenters. The molecule has 0 saturated heterocycles. The molecule has 7 nitrogen and oxygen atoms in total. The Morgan fingerprint density at radius 1 is 1.27 bits per heavy atom. The van der Waals surface area contributed by atoms with Crippen LogP contribution in [0.25, 0.3) is 0 Å². The van der Waals surface area contributed by atoms with E-state index in [0.29, 0.717) is 30.2 Å². The highest BCUT2D eigenvalue weighted by atomic mass is 79.9. The van der Waals surface area contributed by atoms with E-state index >= 15 is 0 Å². The molecule has 9 heteroatoms. The second-order valence-electron chi connectivity index (χ2n) is 11.4. The van der Waals surface area contributed by atoms with Crippen LogP contribution >= 0.6 is 27.5 Å². The van der Waals surface area contributed by atoms with Crippen molar-refractivity contribution < 1.29 is 19.4 Å². The van der Waals surface area contributed by atoms with Crippen LogP contribution < -0.4 is 0 Å². The number of halogens is 2. The van der Waals surface area contributed by atoms with Crippen LogP contribution in [-0.2, 0) is 14.3 Å². The van der Waals surface area contributed by atoms with Gasteiger partial charge in [-0.3, -0.25) is 9.59 Å². The number of rotatable bonds is 7. The molecule has 204 valence electrons. The maximum atomic E-state index is 13.3. The summed E-state index contributed by atoms with van der Waals surface area (Å²) in [6.45, 7) is 9.10. The van der Waals surface area contributed by atoms with Gasteiger partial charge in [-0.15, -0.1) is 0 Å². The fraction of sp³-hybridized carbons (Fsp3) is 0.679. The standard InChI is InChI=1S/C28H39BrClN3O4/c1-6-37-27(3)12-11-19-15-28(4,26(30)32(5)22(19)16-27)23-14-21(18-7-8-20(29)17(2)13-18)31-33(23)24(34)9-10-25(35)36/h7,11-12,17,20,23,26H,6,8-10,13-16H2,1-5H3,(H,35,36). The van der Waals surface area contributed by atoms with Gasteiger partial charge in [0.2, 0.25) is 5.91 Å². The third kappa shape index (κ3) is 5.57. The molecule has 0 fully saturated rings. The van der Waals surface area contributed by atoms with Crippen LogP contribution in [-0.4, -0.2) is 68.2 Å². The molecule has 1 N–H and O–H groups in total. The predicted octanol–water partition coefficient (Wildman–Crippen LogP) is 5.84. The number of aliphatic carboxylic acids is 1. The number of carbonyl (C=O) groups is 2. The molecule has 2 aliphatic heterocycles. The van der Waals surface area contributed by atoms with E-state index in [2.05, 4.69) is 59.8 Å². The minimum Gasteiger partial charge on any atom is -0.481 e. The third-order valence-corrected chi connectivity index (χ3v) is 10.5. The number of carbonyl (C=O) groups excluding carboxylic acids is 1. The van der Waals surface area contributed by atoms with E-state index in [1.165, 1.54) is 16.8 Å². The van der Waals surface area contributed by atoms with E-state index in [-0.39, 0.29) is 35.9 Å². The van der Waals surface area contributed by atoms with Gasteiger partial charge < -0.3 is 14.7 Å². The van der Waals surface area contributed by atoms with Gasteiger partial charge >= 0.3 is 5.97 Å². The Labute approximate surface area is 233 Å². The monoisotopic (exact) mass is 595 g/mol. The average molecular weight is 597 g/mol. The Bertz CT molecular complexity index is 1070. The van der Waals surface area contributed by atoms with E-state index in [4.69, 9.17) is 21.4 Å². The first-order valence-electron chi connectivity index (χ1n) is 13.3. The summed E-state index contributed by atoms with van der Waals surface area (Å²) in [5, 5.41) is 15.6. The maximum absolute atomic E-state index is 13.3. The molecule has 0 spiro atoms. The third-order valence-electron chi connectivity index (χ3n) is 8.48. The number of carboxylic acids is 1. The number of amides is 1. The Kier molecular flexibility index (Phi) is 8.32. The number of hydrogen-bond donors (Lipinski definition) is 1. The highest BCUT2D eigenvalue weighted by Crippen LogP contribution is 2.51. The second-order valence-corrected chi connectivity index (χ2v) is 13.0. The van der Waals surface area contributed by atoms with Gasteiger partial charge in [0.15, 0.2) is 0 Å². The predicted molar refractivity (Wildman–Crippen MR) is 150 cm³/mol. The van der Waals surface area contributed by atoms with Crippen LogP contribution in [0, 0.1) is 11.3 Å². The summed E-state index contributed by atoms with van der Waals surface area (Å²) in [7, 11) is 2.02.